The molecule has 0 atom stereocenters. The van der Waals surface area contributed by atoms with Gasteiger partial charge in [0.2, 0.25) is 0 Å². The molecular weight excluding hydrogens is 190 g/mol. The molecule has 15 heavy (non-hydrogen) atoms. The summed E-state index contributed by atoms with van der Waals surface area (Å²) in [6, 6.07) is 7.81. The number of nitrogens with one attached hydrogen (secondary N) is 2. The third-order valence-corrected chi connectivity index (χ3v) is 1.95. The summed E-state index contributed by atoms with van der Waals surface area (Å²) in [6.07, 6.45) is 3.53. The van der Waals surface area contributed by atoms with Gasteiger partial charge in [0.05, 0.1) is 18.5 Å². The van der Waals surface area contributed by atoms with Crippen molar-refractivity contribution in [3.05, 3.63) is 36.7 Å². The predicted molar refractivity (Wildman–Crippen MR) is 59.5 cm³/mol. The summed E-state index contributed by atoms with van der Waals surface area (Å²) in [6.45, 7) is 2.66. The summed E-state index contributed by atoms with van der Waals surface area (Å²) in [5.74, 6) is 0.884. The average molecular weight is 203 g/mol. The van der Waals surface area contributed by atoms with Gasteiger partial charge in [-0.3, -0.25) is 5.10 Å². The SMILES string of the molecule is CCOc1ccc(Nc2cn[nH]c2)cc1. The summed E-state index contributed by atoms with van der Waals surface area (Å²) in [5, 5.41) is 9.80. The maximum atomic E-state index is 5.35. The highest BCUT2D eigenvalue weighted by Crippen LogP contribution is 2.18. The Bertz CT molecular complexity index is 394. The van der Waals surface area contributed by atoms with Gasteiger partial charge < -0.3 is 10.1 Å². The second-order valence-electron chi connectivity index (χ2n) is 3.07. The molecule has 0 unspecified atom stereocenters. The standard InChI is InChI=1S/C11H13N3O/c1-2-15-11-5-3-9(4-6-11)14-10-7-12-13-8-10/h3-8,14H,2H2,1H3,(H,12,13). The highest BCUT2D eigenvalue weighted by molar-refractivity contribution is 5.58. The fourth-order valence-corrected chi connectivity index (χ4v) is 1.29. The molecular formula is C11H13N3O. The van der Waals surface area contributed by atoms with Crippen LogP contribution in [0.25, 0.3) is 0 Å². The minimum absolute atomic E-state index is 0.689. The number of anilines is 2. The molecule has 1 aromatic heterocycles. The van der Waals surface area contributed by atoms with Crippen LogP contribution in [0.1, 0.15) is 6.92 Å². The van der Waals surface area contributed by atoms with Crippen LogP contribution in [0.3, 0.4) is 0 Å². The van der Waals surface area contributed by atoms with E-state index in [1.165, 1.54) is 0 Å². The first-order valence-electron chi connectivity index (χ1n) is 4.87. The highest BCUT2D eigenvalue weighted by atomic mass is 16.5. The van der Waals surface area contributed by atoms with Gasteiger partial charge in [-0.05, 0) is 31.2 Å². The molecule has 0 saturated carbocycles. The minimum Gasteiger partial charge on any atom is -0.494 e. The van der Waals surface area contributed by atoms with Crippen LogP contribution >= 0.6 is 0 Å². The van der Waals surface area contributed by atoms with Crippen LogP contribution in [0.5, 0.6) is 5.75 Å². The average Bonchev–Trinajstić information content (AvgIpc) is 2.74. The van der Waals surface area contributed by atoms with Crippen molar-refractivity contribution in [3.8, 4) is 5.75 Å². The van der Waals surface area contributed by atoms with Crippen molar-refractivity contribution in [2.75, 3.05) is 11.9 Å². The van der Waals surface area contributed by atoms with Crippen LogP contribution in [0.4, 0.5) is 11.4 Å². The normalized spacial score (nSPS) is 9.93. The first-order valence-corrected chi connectivity index (χ1v) is 4.87. The zero-order valence-corrected chi connectivity index (χ0v) is 8.53. The van der Waals surface area contributed by atoms with E-state index < -0.39 is 0 Å². The Kier molecular flexibility index (Phi) is 2.88. The van der Waals surface area contributed by atoms with Crippen molar-refractivity contribution >= 4 is 11.4 Å². The van der Waals surface area contributed by atoms with Crippen LogP contribution in [0, 0.1) is 0 Å². The quantitative estimate of drug-likeness (QED) is 0.802. The molecule has 0 spiro atoms. The molecule has 0 aliphatic carbocycles. The molecule has 0 fully saturated rings. The molecule has 2 aromatic rings. The lowest BCUT2D eigenvalue weighted by Gasteiger charge is -2.05. The van der Waals surface area contributed by atoms with Gasteiger partial charge >= 0.3 is 0 Å². The zero-order chi connectivity index (χ0) is 10.5. The topological polar surface area (TPSA) is 49.9 Å². The lowest BCUT2D eigenvalue weighted by molar-refractivity contribution is 0.340. The molecule has 2 N–H and O–H groups in total. The molecule has 0 amide bonds. The molecule has 4 nitrogen and oxygen atoms in total. The Labute approximate surface area is 88.3 Å². The second kappa shape index (κ2) is 4.50. The summed E-state index contributed by atoms with van der Waals surface area (Å²) >= 11 is 0. The lowest BCUT2D eigenvalue weighted by Crippen LogP contribution is -1.92. The van der Waals surface area contributed by atoms with Crippen LogP contribution in [0.15, 0.2) is 36.7 Å². The Balaban J connectivity index is 2.04. The second-order valence-corrected chi connectivity index (χ2v) is 3.07. The van der Waals surface area contributed by atoms with Crippen LogP contribution < -0.4 is 10.1 Å². The van der Waals surface area contributed by atoms with Gasteiger partial charge in [-0.25, -0.2) is 0 Å². The molecule has 4 heteroatoms. The maximum Gasteiger partial charge on any atom is 0.119 e. The van der Waals surface area contributed by atoms with Gasteiger partial charge in [0, 0.05) is 11.9 Å². The molecule has 78 valence electrons. The van der Waals surface area contributed by atoms with E-state index in [2.05, 4.69) is 15.5 Å². The molecule has 0 bridgehead atoms. The number of ether oxygens (including phenoxy) is 1. The first-order chi connectivity index (χ1) is 7.38. The number of hydrogen-bond acceptors (Lipinski definition) is 3. The van der Waals surface area contributed by atoms with E-state index in [9.17, 15) is 0 Å². The summed E-state index contributed by atoms with van der Waals surface area (Å²) < 4.78 is 5.35. The Morgan fingerprint density at radius 2 is 2.07 bits per heavy atom. The molecule has 1 aromatic carbocycles. The maximum absolute atomic E-state index is 5.35. The Morgan fingerprint density at radius 1 is 1.27 bits per heavy atom. The number of benzene rings is 1. The van der Waals surface area contributed by atoms with Crippen molar-refractivity contribution in [1.82, 2.24) is 10.2 Å². The van der Waals surface area contributed by atoms with Gasteiger partial charge in [-0.2, -0.15) is 5.10 Å². The van der Waals surface area contributed by atoms with Crippen LogP contribution in [-0.4, -0.2) is 16.8 Å². The molecule has 0 saturated heterocycles. The summed E-state index contributed by atoms with van der Waals surface area (Å²) in [7, 11) is 0. The van der Waals surface area contributed by atoms with E-state index >= 15 is 0 Å². The smallest absolute Gasteiger partial charge is 0.119 e. The number of rotatable bonds is 4. The number of hydrogen-bond donors (Lipinski definition) is 2. The van der Waals surface area contributed by atoms with E-state index in [1.54, 1.807) is 12.4 Å². The minimum atomic E-state index is 0.689. The van der Waals surface area contributed by atoms with E-state index in [4.69, 9.17) is 4.74 Å². The largest absolute Gasteiger partial charge is 0.494 e. The van der Waals surface area contributed by atoms with Crippen molar-refractivity contribution in [2.24, 2.45) is 0 Å². The fourth-order valence-electron chi connectivity index (χ4n) is 1.29. The Hall–Kier alpha value is -1.97. The predicted octanol–water partition coefficient (Wildman–Crippen LogP) is 2.55. The van der Waals surface area contributed by atoms with Crippen LogP contribution in [-0.2, 0) is 0 Å². The van der Waals surface area contributed by atoms with Gasteiger partial charge in [0.1, 0.15) is 5.75 Å². The molecule has 0 aliphatic rings. The van der Waals surface area contributed by atoms with Gasteiger partial charge in [-0.1, -0.05) is 0 Å². The van der Waals surface area contributed by atoms with Gasteiger partial charge in [-0.15, -0.1) is 0 Å². The van der Waals surface area contributed by atoms with E-state index in [0.717, 1.165) is 17.1 Å². The van der Waals surface area contributed by atoms with Gasteiger partial charge in [0.25, 0.3) is 0 Å². The summed E-state index contributed by atoms with van der Waals surface area (Å²) in [5.41, 5.74) is 1.96. The fraction of sp³-hybridized carbons (Fsp3) is 0.182. The number of nitrogens with zero attached hydrogens (tertiary/aromatic N) is 1. The lowest BCUT2D eigenvalue weighted by atomic mass is 10.3. The third kappa shape index (κ3) is 2.49. The molecule has 0 radical (unpaired) electrons. The highest BCUT2D eigenvalue weighted by Gasteiger charge is 1.96. The number of aromatic nitrogens is 2. The molecule has 0 aliphatic heterocycles. The Morgan fingerprint density at radius 3 is 2.67 bits per heavy atom. The number of H-pyrrole nitrogens is 1. The van der Waals surface area contributed by atoms with E-state index in [-0.39, 0.29) is 0 Å². The van der Waals surface area contributed by atoms with Crippen LogP contribution in [0.2, 0.25) is 0 Å². The van der Waals surface area contributed by atoms with Crippen molar-refractivity contribution in [1.29, 1.82) is 0 Å². The van der Waals surface area contributed by atoms with Crippen molar-refractivity contribution < 1.29 is 4.74 Å². The monoisotopic (exact) mass is 203 g/mol. The molecule has 1 heterocycles. The number of aromatic amines is 1. The van der Waals surface area contributed by atoms with Crippen molar-refractivity contribution in [2.45, 2.75) is 6.92 Å². The van der Waals surface area contributed by atoms with E-state index in [1.807, 2.05) is 31.2 Å². The van der Waals surface area contributed by atoms with Gasteiger partial charge in [0.15, 0.2) is 0 Å². The zero-order valence-electron chi connectivity index (χ0n) is 8.53. The first kappa shape index (κ1) is 9.58. The van der Waals surface area contributed by atoms with Crippen molar-refractivity contribution in [3.63, 3.8) is 0 Å². The summed E-state index contributed by atoms with van der Waals surface area (Å²) in [4.78, 5) is 0. The third-order valence-electron chi connectivity index (χ3n) is 1.95. The molecule has 2 rings (SSSR count). The van der Waals surface area contributed by atoms with E-state index in [0.29, 0.717) is 6.61 Å².